The molecule has 0 saturated heterocycles. The number of benzene rings is 1. The molecule has 0 aliphatic rings. The molecule has 0 amide bonds. The van der Waals surface area contributed by atoms with Crippen LogP contribution in [0.2, 0.25) is 0 Å². The molecular weight excluding hydrogens is 320 g/mol. The normalized spacial score (nSPS) is 13.2. The molecule has 0 aromatic heterocycles. The van der Waals surface area contributed by atoms with Crippen LogP contribution in [-0.4, -0.2) is 30.2 Å². The van der Waals surface area contributed by atoms with Crippen molar-refractivity contribution in [3.63, 3.8) is 0 Å². The molecule has 0 aliphatic carbocycles. The van der Waals surface area contributed by atoms with Gasteiger partial charge in [0.2, 0.25) is 0 Å². The van der Waals surface area contributed by atoms with Crippen molar-refractivity contribution in [2.24, 2.45) is 0 Å². The topological polar surface area (TPSA) is 74.3 Å². The summed E-state index contributed by atoms with van der Waals surface area (Å²) in [5.74, 6) is 0.375. The van der Waals surface area contributed by atoms with Gasteiger partial charge in [0.15, 0.2) is 14.7 Å². The quantitative estimate of drug-likeness (QED) is 0.591. The van der Waals surface area contributed by atoms with Crippen LogP contribution in [0.15, 0.2) is 21.9 Å². The summed E-state index contributed by atoms with van der Waals surface area (Å²) in [5, 5.41) is -0.709. The zero-order chi connectivity index (χ0) is 15.5. The third-order valence-electron chi connectivity index (χ3n) is 2.80. The van der Waals surface area contributed by atoms with Gasteiger partial charge in [0, 0.05) is 11.8 Å². The van der Waals surface area contributed by atoms with Gasteiger partial charge in [-0.3, -0.25) is 4.79 Å². The van der Waals surface area contributed by atoms with E-state index in [0.717, 1.165) is 6.26 Å². The van der Waals surface area contributed by atoms with Gasteiger partial charge in [-0.15, -0.1) is 0 Å². The Kier molecular flexibility index (Phi) is 6.06. The largest absolute Gasteiger partial charge is 0.611 e. The summed E-state index contributed by atoms with van der Waals surface area (Å²) in [5.41, 5.74) is 0.767. The Balaban J connectivity index is 3.60. The van der Waals surface area contributed by atoms with Gasteiger partial charge in [0.25, 0.3) is 5.24 Å². The van der Waals surface area contributed by atoms with Gasteiger partial charge >= 0.3 is 0 Å². The molecular formula is C13H17ClO4S2. The average Bonchev–Trinajstić information content (AvgIpc) is 2.36. The van der Waals surface area contributed by atoms with Crippen LogP contribution >= 0.6 is 11.6 Å². The number of hydrogen-bond acceptors (Lipinski definition) is 4. The number of rotatable bonds is 6. The minimum atomic E-state index is -3.58. The monoisotopic (exact) mass is 336 g/mol. The van der Waals surface area contributed by atoms with E-state index in [-0.39, 0.29) is 15.4 Å². The molecule has 0 fully saturated rings. The highest BCUT2D eigenvalue weighted by Crippen LogP contribution is 2.28. The summed E-state index contributed by atoms with van der Waals surface area (Å²) in [7, 11) is -3.58. The fourth-order valence-corrected chi connectivity index (χ4v) is 4.65. The Bertz CT molecular complexity index is 611. The summed E-state index contributed by atoms with van der Waals surface area (Å²) in [6.07, 6.45) is 2.21. The van der Waals surface area contributed by atoms with E-state index < -0.39 is 26.3 Å². The zero-order valence-electron chi connectivity index (χ0n) is 11.6. The fraction of sp³-hybridized carbons (Fsp3) is 0.462. The number of carbonyl (C=O) groups is 1. The lowest BCUT2D eigenvalue weighted by Crippen LogP contribution is -2.14. The molecule has 1 aromatic rings. The van der Waals surface area contributed by atoms with Crippen molar-refractivity contribution >= 4 is 37.9 Å². The van der Waals surface area contributed by atoms with E-state index in [4.69, 9.17) is 11.6 Å². The van der Waals surface area contributed by atoms with Crippen molar-refractivity contribution < 1.29 is 17.8 Å². The Labute approximate surface area is 127 Å². The molecule has 0 heterocycles. The third-order valence-corrected chi connectivity index (χ3v) is 5.87. The van der Waals surface area contributed by atoms with Gasteiger partial charge in [0.1, 0.15) is 10.6 Å². The molecule has 1 aromatic carbocycles. The van der Waals surface area contributed by atoms with Crippen molar-refractivity contribution in [2.75, 3.05) is 12.0 Å². The summed E-state index contributed by atoms with van der Waals surface area (Å²) in [4.78, 5) is 11.6. The number of halogens is 1. The molecule has 7 heteroatoms. The summed E-state index contributed by atoms with van der Waals surface area (Å²) in [6, 6.07) is 2.77. The first-order valence-electron chi connectivity index (χ1n) is 6.17. The first kappa shape index (κ1) is 17.5. The highest BCUT2D eigenvalue weighted by Gasteiger charge is 2.26. The highest BCUT2D eigenvalue weighted by molar-refractivity contribution is 7.94. The Hall–Kier alpha value is -0.560. The SMILES string of the molecule is CCC[S+]([O-])c1cc(CC)c(C(=O)Cl)cc1S(C)(=O)=O. The van der Waals surface area contributed by atoms with E-state index in [1.54, 1.807) is 0 Å². The average molecular weight is 337 g/mol. The maximum Gasteiger partial charge on any atom is 0.252 e. The van der Waals surface area contributed by atoms with Crippen LogP contribution in [0.5, 0.6) is 0 Å². The van der Waals surface area contributed by atoms with E-state index in [9.17, 15) is 17.8 Å². The van der Waals surface area contributed by atoms with Gasteiger partial charge in [-0.25, -0.2) is 8.42 Å². The van der Waals surface area contributed by atoms with Gasteiger partial charge in [-0.1, -0.05) is 13.8 Å². The minimum Gasteiger partial charge on any atom is -0.611 e. The maximum absolute atomic E-state index is 12.2. The predicted octanol–water partition coefficient (Wildman–Crippen LogP) is 2.55. The van der Waals surface area contributed by atoms with E-state index in [0.29, 0.717) is 24.2 Å². The smallest absolute Gasteiger partial charge is 0.252 e. The zero-order valence-corrected chi connectivity index (χ0v) is 14.0. The molecule has 0 radical (unpaired) electrons. The van der Waals surface area contributed by atoms with Crippen molar-refractivity contribution in [3.05, 3.63) is 23.3 Å². The van der Waals surface area contributed by atoms with Crippen molar-refractivity contribution in [1.82, 2.24) is 0 Å². The molecule has 1 atom stereocenters. The Morgan fingerprint density at radius 3 is 2.35 bits per heavy atom. The molecule has 1 rings (SSSR count). The van der Waals surface area contributed by atoms with Crippen molar-refractivity contribution in [1.29, 1.82) is 0 Å². The molecule has 0 saturated carbocycles. The third kappa shape index (κ3) is 3.97. The highest BCUT2D eigenvalue weighted by atomic mass is 35.5. The molecule has 0 bridgehead atoms. The van der Waals surface area contributed by atoms with Crippen molar-refractivity contribution in [3.8, 4) is 0 Å². The van der Waals surface area contributed by atoms with E-state index in [1.165, 1.54) is 12.1 Å². The first-order chi connectivity index (χ1) is 9.22. The number of sulfone groups is 1. The van der Waals surface area contributed by atoms with Crippen molar-refractivity contribution in [2.45, 2.75) is 36.5 Å². The maximum atomic E-state index is 12.2. The van der Waals surface area contributed by atoms with Crippen LogP contribution in [0.25, 0.3) is 0 Å². The number of hydrogen-bond donors (Lipinski definition) is 0. The van der Waals surface area contributed by atoms with Gasteiger partial charge < -0.3 is 4.55 Å². The fourth-order valence-electron chi connectivity index (χ4n) is 1.84. The molecule has 1 unspecified atom stereocenters. The minimum absolute atomic E-state index is 0.0783. The molecule has 112 valence electrons. The van der Waals surface area contributed by atoms with E-state index >= 15 is 0 Å². The number of aryl methyl sites for hydroxylation is 1. The molecule has 0 N–H and O–H groups in total. The van der Waals surface area contributed by atoms with Crippen LogP contribution in [0, 0.1) is 0 Å². The van der Waals surface area contributed by atoms with Crippen LogP contribution < -0.4 is 0 Å². The van der Waals surface area contributed by atoms with Gasteiger partial charge in [0.05, 0.1) is 0 Å². The van der Waals surface area contributed by atoms with Crippen LogP contribution in [0.1, 0.15) is 36.2 Å². The Morgan fingerprint density at radius 1 is 1.35 bits per heavy atom. The second-order valence-corrected chi connectivity index (χ2v) is 8.27. The molecule has 20 heavy (non-hydrogen) atoms. The number of carbonyl (C=O) groups excluding carboxylic acids is 1. The predicted molar refractivity (Wildman–Crippen MR) is 80.7 cm³/mol. The molecule has 4 nitrogen and oxygen atoms in total. The lowest BCUT2D eigenvalue weighted by molar-refractivity contribution is 0.108. The van der Waals surface area contributed by atoms with E-state index in [1.807, 2.05) is 13.8 Å². The van der Waals surface area contributed by atoms with Gasteiger partial charge in [-0.2, -0.15) is 0 Å². The van der Waals surface area contributed by atoms with Crippen LogP contribution in [0.4, 0.5) is 0 Å². The van der Waals surface area contributed by atoms with E-state index in [2.05, 4.69) is 0 Å². The standard InChI is InChI=1S/C13H17ClO4S2/c1-4-6-19(16)11-7-9(5-2)10(13(14)15)8-12(11)20(3,17)18/h7-8H,4-6H2,1-3H3. The van der Waals surface area contributed by atoms with Crippen LogP contribution in [-0.2, 0) is 27.4 Å². The van der Waals surface area contributed by atoms with Crippen LogP contribution in [0.3, 0.4) is 0 Å². The molecule has 0 spiro atoms. The summed E-state index contributed by atoms with van der Waals surface area (Å²) < 4.78 is 35.9. The van der Waals surface area contributed by atoms with Gasteiger partial charge in [-0.05, 0) is 53.3 Å². The summed E-state index contributed by atoms with van der Waals surface area (Å²) in [6.45, 7) is 3.70. The lowest BCUT2D eigenvalue weighted by Gasteiger charge is -2.15. The lowest BCUT2D eigenvalue weighted by atomic mass is 10.1. The first-order valence-corrected chi connectivity index (χ1v) is 9.76. The summed E-state index contributed by atoms with van der Waals surface area (Å²) >= 11 is 4.08. The second kappa shape index (κ2) is 6.93. The second-order valence-electron chi connectivity index (χ2n) is 4.41. The Morgan fingerprint density at radius 2 is 1.95 bits per heavy atom. The molecule has 0 aliphatic heterocycles.